The molecule has 0 radical (unpaired) electrons. The van der Waals surface area contributed by atoms with Gasteiger partial charge in [0.15, 0.2) is 5.82 Å². The predicted octanol–water partition coefficient (Wildman–Crippen LogP) is 6.39. The molecule has 0 amide bonds. The molecule has 1 heterocycles. The number of hydrogen-bond donors (Lipinski definition) is 2. The molecule has 1 aromatic heterocycles. The topological polar surface area (TPSA) is 54.9 Å². The molecule has 0 fully saturated rings. The number of benzene rings is 4. The highest BCUT2D eigenvalue weighted by atomic mass is 32.1. The van der Waals surface area contributed by atoms with Crippen LogP contribution in [0.25, 0.3) is 22.2 Å². The standard InChI is InChI=1S/C27H24N4OS/c1-19-11-13-20(14-12-19)18-32-25-16-15-21-7-5-6-10-23(21)24(25)17-28-31-26(29-30-27(31)33)22-8-3-2-4-9-22/h2-16,28H,17-18H2,1H3,(H,30,33). The summed E-state index contributed by atoms with van der Waals surface area (Å²) in [6.07, 6.45) is 0. The van der Waals surface area contributed by atoms with Crippen molar-refractivity contribution in [3.05, 3.63) is 112 Å². The van der Waals surface area contributed by atoms with E-state index in [9.17, 15) is 0 Å². The quantitative estimate of drug-likeness (QED) is 0.281. The highest BCUT2D eigenvalue weighted by molar-refractivity contribution is 7.71. The van der Waals surface area contributed by atoms with Crippen molar-refractivity contribution in [2.45, 2.75) is 20.1 Å². The van der Waals surface area contributed by atoms with Gasteiger partial charge in [0.25, 0.3) is 0 Å². The molecule has 4 aromatic carbocycles. The molecule has 5 nitrogen and oxygen atoms in total. The normalized spacial score (nSPS) is 10.9. The van der Waals surface area contributed by atoms with Crippen LogP contribution in [0.15, 0.2) is 91.0 Å². The SMILES string of the molecule is Cc1ccc(COc2ccc3ccccc3c2CNn2c(-c3ccccc3)n[nH]c2=S)cc1. The molecule has 0 unspecified atom stereocenters. The predicted molar refractivity (Wildman–Crippen MR) is 135 cm³/mol. The monoisotopic (exact) mass is 452 g/mol. The molecule has 164 valence electrons. The number of hydrogen-bond acceptors (Lipinski definition) is 4. The van der Waals surface area contributed by atoms with E-state index in [0.717, 1.165) is 39.0 Å². The maximum Gasteiger partial charge on any atom is 0.214 e. The molecule has 5 aromatic rings. The van der Waals surface area contributed by atoms with Crippen LogP contribution in [-0.2, 0) is 13.2 Å². The molecule has 0 aliphatic rings. The molecule has 0 bridgehead atoms. The molecule has 0 atom stereocenters. The lowest BCUT2D eigenvalue weighted by Crippen LogP contribution is -2.17. The number of rotatable bonds is 7. The maximum absolute atomic E-state index is 6.29. The van der Waals surface area contributed by atoms with Gasteiger partial charge in [-0.25, -0.2) is 9.77 Å². The Balaban J connectivity index is 1.46. The van der Waals surface area contributed by atoms with Gasteiger partial charge in [-0.2, -0.15) is 5.10 Å². The first-order chi connectivity index (χ1) is 16.2. The Morgan fingerprint density at radius 3 is 2.48 bits per heavy atom. The molecular formula is C27H24N4OS. The van der Waals surface area contributed by atoms with Crippen molar-refractivity contribution in [3.63, 3.8) is 0 Å². The zero-order chi connectivity index (χ0) is 22.6. The number of aromatic amines is 1. The lowest BCUT2D eigenvalue weighted by atomic mass is 10.0. The van der Waals surface area contributed by atoms with Gasteiger partial charge in [0.05, 0.1) is 6.54 Å². The molecule has 0 spiro atoms. The van der Waals surface area contributed by atoms with E-state index < -0.39 is 0 Å². The van der Waals surface area contributed by atoms with Gasteiger partial charge in [-0.3, -0.25) is 0 Å². The van der Waals surface area contributed by atoms with E-state index >= 15 is 0 Å². The maximum atomic E-state index is 6.29. The van der Waals surface area contributed by atoms with E-state index in [4.69, 9.17) is 17.0 Å². The largest absolute Gasteiger partial charge is 0.489 e. The average molecular weight is 453 g/mol. The smallest absolute Gasteiger partial charge is 0.214 e. The van der Waals surface area contributed by atoms with Gasteiger partial charge < -0.3 is 10.2 Å². The molecule has 0 aliphatic carbocycles. The fourth-order valence-electron chi connectivity index (χ4n) is 3.86. The Morgan fingerprint density at radius 1 is 0.909 bits per heavy atom. The number of aryl methyl sites for hydroxylation is 1. The van der Waals surface area contributed by atoms with Crippen molar-refractivity contribution in [2.24, 2.45) is 0 Å². The van der Waals surface area contributed by atoms with Crippen molar-refractivity contribution in [1.82, 2.24) is 14.9 Å². The molecule has 6 heteroatoms. The third kappa shape index (κ3) is 4.52. The second kappa shape index (κ2) is 9.30. The van der Waals surface area contributed by atoms with Gasteiger partial charge in [0.2, 0.25) is 4.77 Å². The van der Waals surface area contributed by atoms with Crippen LogP contribution in [0.2, 0.25) is 0 Å². The van der Waals surface area contributed by atoms with E-state index in [1.165, 1.54) is 5.56 Å². The van der Waals surface area contributed by atoms with Gasteiger partial charge in [-0.15, -0.1) is 0 Å². The number of nitrogens with zero attached hydrogens (tertiary/aromatic N) is 2. The van der Waals surface area contributed by atoms with Crippen LogP contribution in [0.5, 0.6) is 5.75 Å². The third-order valence-corrected chi connectivity index (χ3v) is 5.90. The van der Waals surface area contributed by atoms with E-state index in [0.29, 0.717) is 17.9 Å². The molecule has 0 saturated carbocycles. The number of fused-ring (bicyclic) bond motifs is 1. The third-order valence-electron chi connectivity index (χ3n) is 5.63. The van der Waals surface area contributed by atoms with Gasteiger partial charge in [0, 0.05) is 11.1 Å². The average Bonchev–Trinajstić information content (AvgIpc) is 3.23. The number of nitrogens with one attached hydrogen (secondary N) is 2. The Morgan fingerprint density at radius 2 is 1.67 bits per heavy atom. The summed E-state index contributed by atoms with van der Waals surface area (Å²) in [6, 6.07) is 30.9. The van der Waals surface area contributed by atoms with Crippen LogP contribution in [0.3, 0.4) is 0 Å². The van der Waals surface area contributed by atoms with Crippen LogP contribution in [0.1, 0.15) is 16.7 Å². The first-order valence-electron chi connectivity index (χ1n) is 10.8. The second-order valence-corrected chi connectivity index (χ2v) is 8.31. The van der Waals surface area contributed by atoms with Crippen molar-refractivity contribution >= 4 is 23.0 Å². The Bertz CT molecular complexity index is 1440. The fraction of sp³-hybridized carbons (Fsp3) is 0.111. The first-order valence-corrected chi connectivity index (χ1v) is 11.3. The van der Waals surface area contributed by atoms with Crippen LogP contribution >= 0.6 is 12.2 Å². The summed E-state index contributed by atoms with van der Waals surface area (Å²) in [7, 11) is 0. The summed E-state index contributed by atoms with van der Waals surface area (Å²) in [4.78, 5) is 0. The van der Waals surface area contributed by atoms with Gasteiger partial charge in [-0.1, -0.05) is 90.5 Å². The minimum absolute atomic E-state index is 0.506. The number of H-pyrrole nitrogens is 1. The minimum Gasteiger partial charge on any atom is -0.489 e. The summed E-state index contributed by atoms with van der Waals surface area (Å²) >= 11 is 5.49. The molecular weight excluding hydrogens is 428 g/mol. The summed E-state index contributed by atoms with van der Waals surface area (Å²) in [5.74, 6) is 1.58. The van der Waals surface area contributed by atoms with E-state index in [-0.39, 0.29) is 0 Å². The number of ether oxygens (including phenoxy) is 1. The Kier molecular flexibility index (Phi) is 5.91. The van der Waals surface area contributed by atoms with Crippen LogP contribution in [-0.4, -0.2) is 14.9 Å². The summed E-state index contributed by atoms with van der Waals surface area (Å²) in [6.45, 7) is 3.12. The minimum atomic E-state index is 0.506. The van der Waals surface area contributed by atoms with Crippen LogP contribution < -0.4 is 10.2 Å². The van der Waals surface area contributed by atoms with E-state index in [2.05, 4.69) is 71.1 Å². The van der Waals surface area contributed by atoms with Crippen molar-refractivity contribution < 1.29 is 4.74 Å². The highest BCUT2D eigenvalue weighted by Crippen LogP contribution is 2.29. The van der Waals surface area contributed by atoms with Gasteiger partial charge >= 0.3 is 0 Å². The van der Waals surface area contributed by atoms with Crippen molar-refractivity contribution in [3.8, 4) is 17.1 Å². The first kappa shape index (κ1) is 21.0. The van der Waals surface area contributed by atoms with E-state index in [1.54, 1.807) is 0 Å². The number of aromatic nitrogens is 3. The molecule has 0 aliphatic heterocycles. The van der Waals surface area contributed by atoms with Crippen LogP contribution in [0.4, 0.5) is 0 Å². The summed E-state index contributed by atoms with van der Waals surface area (Å²) < 4.78 is 8.61. The highest BCUT2D eigenvalue weighted by Gasteiger charge is 2.13. The van der Waals surface area contributed by atoms with Crippen molar-refractivity contribution in [1.29, 1.82) is 0 Å². The van der Waals surface area contributed by atoms with E-state index in [1.807, 2.05) is 47.1 Å². The molecule has 2 N–H and O–H groups in total. The van der Waals surface area contributed by atoms with Gasteiger partial charge in [0.1, 0.15) is 12.4 Å². The van der Waals surface area contributed by atoms with Crippen LogP contribution in [0, 0.1) is 11.7 Å². The fourth-order valence-corrected chi connectivity index (χ4v) is 4.06. The summed E-state index contributed by atoms with van der Waals surface area (Å²) in [5, 5.41) is 9.62. The molecule has 33 heavy (non-hydrogen) atoms. The molecule has 0 saturated heterocycles. The lowest BCUT2D eigenvalue weighted by molar-refractivity contribution is 0.303. The Hall–Kier alpha value is -3.90. The zero-order valence-corrected chi connectivity index (χ0v) is 19.1. The molecule has 5 rings (SSSR count). The van der Waals surface area contributed by atoms with Gasteiger partial charge in [-0.05, 0) is 41.5 Å². The lowest BCUT2D eigenvalue weighted by Gasteiger charge is -2.17. The second-order valence-electron chi connectivity index (χ2n) is 7.93. The summed E-state index contributed by atoms with van der Waals surface area (Å²) in [5.41, 5.74) is 7.87. The van der Waals surface area contributed by atoms with Crippen molar-refractivity contribution in [2.75, 3.05) is 5.43 Å². The zero-order valence-electron chi connectivity index (χ0n) is 18.3. The Labute approximate surface area is 197 Å².